The van der Waals surface area contributed by atoms with Crippen LogP contribution in [0.3, 0.4) is 0 Å². The number of nitrogens with one attached hydrogen (secondary N) is 2. The largest absolute Gasteiger partial charge is 0.497 e. The first-order valence-electron chi connectivity index (χ1n) is 9.74. The second-order valence-corrected chi connectivity index (χ2v) is 6.76. The van der Waals surface area contributed by atoms with Gasteiger partial charge in [-0.2, -0.15) is 0 Å². The topological polar surface area (TPSA) is 112 Å². The van der Waals surface area contributed by atoms with Gasteiger partial charge in [-0.3, -0.25) is 19.7 Å². The molecule has 0 amide bonds. The molecule has 29 heavy (non-hydrogen) atoms. The van der Waals surface area contributed by atoms with E-state index >= 15 is 0 Å². The van der Waals surface area contributed by atoms with Gasteiger partial charge in [-0.05, 0) is 30.7 Å². The van der Waals surface area contributed by atoms with Crippen molar-refractivity contribution in [3.8, 4) is 17.3 Å². The number of H-pyrrole nitrogens is 1. The first-order valence-corrected chi connectivity index (χ1v) is 9.74. The van der Waals surface area contributed by atoms with Crippen molar-refractivity contribution in [1.82, 2.24) is 19.8 Å². The van der Waals surface area contributed by atoms with Crippen molar-refractivity contribution in [1.29, 1.82) is 0 Å². The van der Waals surface area contributed by atoms with E-state index in [1.165, 1.54) is 0 Å². The Labute approximate surface area is 168 Å². The number of rotatable bonds is 7. The molecule has 0 saturated carbocycles. The van der Waals surface area contributed by atoms with E-state index in [1.807, 2.05) is 6.92 Å². The Bertz CT molecular complexity index is 972. The number of benzene rings is 1. The standard InChI is InChI=1S/C20H27N5O4/c1-3-16(22-10-13-24-11-8-21-9-12-24)17-18(26)23-20(28)25(19(17)27)14-4-6-15(29-2)7-5-14/h4-7,21,27H,3,8-13H2,1-2H3,(H,23,26,28). The summed E-state index contributed by atoms with van der Waals surface area (Å²) >= 11 is 0. The molecule has 0 radical (unpaired) electrons. The zero-order chi connectivity index (χ0) is 20.8. The van der Waals surface area contributed by atoms with Crippen LogP contribution in [0, 0.1) is 0 Å². The number of aromatic nitrogens is 2. The van der Waals surface area contributed by atoms with E-state index in [-0.39, 0.29) is 5.56 Å². The SMILES string of the molecule is CCC(=NCCN1CCNCC1)c1c(O)n(-c2ccc(OC)cc2)c(=O)[nH]c1=O. The lowest BCUT2D eigenvalue weighted by molar-refractivity contribution is 0.247. The molecule has 1 aromatic carbocycles. The molecule has 0 atom stereocenters. The fourth-order valence-electron chi connectivity index (χ4n) is 3.38. The molecule has 0 unspecified atom stereocenters. The fraction of sp³-hybridized carbons (Fsp3) is 0.450. The number of hydrogen-bond acceptors (Lipinski definition) is 7. The first-order chi connectivity index (χ1) is 14.0. The second kappa shape index (κ2) is 9.53. The highest BCUT2D eigenvalue weighted by atomic mass is 16.5. The molecule has 0 aliphatic carbocycles. The van der Waals surface area contributed by atoms with E-state index in [2.05, 4.69) is 20.2 Å². The maximum Gasteiger partial charge on any atom is 0.335 e. The lowest BCUT2D eigenvalue weighted by atomic mass is 10.1. The first kappa shape index (κ1) is 20.8. The molecule has 3 rings (SSSR count). The number of aliphatic imine (C=N–C) groups is 1. The Balaban J connectivity index is 1.93. The monoisotopic (exact) mass is 401 g/mol. The molecule has 1 fully saturated rings. The van der Waals surface area contributed by atoms with Crippen molar-refractivity contribution >= 4 is 5.71 Å². The molecule has 156 valence electrons. The van der Waals surface area contributed by atoms with Crippen LogP contribution in [0.15, 0.2) is 38.8 Å². The van der Waals surface area contributed by atoms with Gasteiger partial charge in [0, 0.05) is 32.7 Å². The van der Waals surface area contributed by atoms with Crippen molar-refractivity contribution < 1.29 is 9.84 Å². The summed E-state index contributed by atoms with van der Waals surface area (Å²) in [4.78, 5) is 34.0. The molecule has 1 aliphatic rings. The van der Waals surface area contributed by atoms with Crippen LogP contribution < -0.4 is 21.3 Å². The van der Waals surface area contributed by atoms with Crippen molar-refractivity contribution in [2.45, 2.75) is 13.3 Å². The molecule has 9 nitrogen and oxygen atoms in total. The van der Waals surface area contributed by atoms with Gasteiger partial charge in [-0.25, -0.2) is 9.36 Å². The van der Waals surface area contributed by atoms with E-state index < -0.39 is 17.1 Å². The Morgan fingerprint density at radius 3 is 2.52 bits per heavy atom. The molecule has 1 saturated heterocycles. The van der Waals surface area contributed by atoms with Crippen LogP contribution in [0.2, 0.25) is 0 Å². The molecule has 1 aromatic heterocycles. The minimum atomic E-state index is -0.710. The van der Waals surface area contributed by atoms with Crippen molar-refractivity contribution in [3.05, 3.63) is 50.7 Å². The molecule has 1 aliphatic heterocycles. The zero-order valence-electron chi connectivity index (χ0n) is 16.8. The molecular weight excluding hydrogens is 374 g/mol. The normalized spacial score (nSPS) is 15.4. The lowest BCUT2D eigenvalue weighted by Crippen LogP contribution is -2.44. The maximum absolute atomic E-state index is 12.5. The lowest BCUT2D eigenvalue weighted by Gasteiger charge is -2.26. The Morgan fingerprint density at radius 1 is 1.21 bits per heavy atom. The predicted molar refractivity (Wildman–Crippen MR) is 112 cm³/mol. The summed E-state index contributed by atoms with van der Waals surface area (Å²) in [6.07, 6.45) is 0.457. The number of ether oxygens (including phenoxy) is 1. The average Bonchev–Trinajstić information content (AvgIpc) is 2.73. The van der Waals surface area contributed by atoms with Gasteiger partial charge in [0.05, 0.1) is 25.1 Å². The second-order valence-electron chi connectivity index (χ2n) is 6.76. The van der Waals surface area contributed by atoms with Gasteiger partial charge in [0.15, 0.2) is 0 Å². The summed E-state index contributed by atoms with van der Waals surface area (Å²) in [7, 11) is 1.54. The number of methoxy groups -OCH3 is 1. The van der Waals surface area contributed by atoms with E-state index in [0.29, 0.717) is 30.1 Å². The summed E-state index contributed by atoms with van der Waals surface area (Å²) < 4.78 is 6.19. The van der Waals surface area contributed by atoms with Gasteiger partial charge < -0.3 is 15.2 Å². The third kappa shape index (κ3) is 4.75. The summed E-state index contributed by atoms with van der Waals surface area (Å²) in [6.45, 7) is 7.00. The minimum Gasteiger partial charge on any atom is -0.497 e. The van der Waals surface area contributed by atoms with Gasteiger partial charge in [0.1, 0.15) is 11.3 Å². The van der Waals surface area contributed by atoms with Gasteiger partial charge in [0.25, 0.3) is 5.56 Å². The highest BCUT2D eigenvalue weighted by Gasteiger charge is 2.19. The summed E-state index contributed by atoms with van der Waals surface area (Å²) in [6, 6.07) is 6.62. The van der Waals surface area contributed by atoms with Crippen LogP contribution in [0.5, 0.6) is 11.6 Å². The molecule has 0 spiro atoms. The predicted octanol–water partition coefficient (Wildman–Crippen LogP) is 0.344. The number of aromatic hydroxyl groups is 1. The highest BCUT2D eigenvalue weighted by Crippen LogP contribution is 2.20. The summed E-state index contributed by atoms with van der Waals surface area (Å²) in [5.74, 6) is 0.210. The van der Waals surface area contributed by atoms with E-state index in [9.17, 15) is 14.7 Å². The number of hydrogen-bond donors (Lipinski definition) is 3. The van der Waals surface area contributed by atoms with E-state index in [1.54, 1.807) is 31.4 Å². The smallest absolute Gasteiger partial charge is 0.335 e. The molecule has 2 heterocycles. The molecule has 3 N–H and O–H groups in total. The highest BCUT2D eigenvalue weighted by molar-refractivity contribution is 6.02. The van der Waals surface area contributed by atoms with Crippen LogP contribution in [0.25, 0.3) is 5.69 Å². The molecule has 2 aromatic rings. The van der Waals surface area contributed by atoms with Crippen LogP contribution in [-0.4, -0.2) is 71.6 Å². The Morgan fingerprint density at radius 2 is 1.90 bits per heavy atom. The maximum atomic E-state index is 12.5. The van der Waals surface area contributed by atoms with Crippen molar-refractivity contribution in [2.75, 3.05) is 46.4 Å². The zero-order valence-corrected chi connectivity index (χ0v) is 16.8. The van der Waals surface area contributed by atoms with Crippen molar-refractivity contribution in [2.24, 2.45) is 4.99 Å². The van der Waals surface area contributed by atoms with E-state index in [0.717, 1.165) is 37.3 Å². The summed E-state index contributed by atoms with van der Waals surface area (Å²) in [5, 5.41) is 14.1. The van der Waals surface area contributed by atoms with Crippen molar-refractivity contribution in [3.63, 3.8) is 0 Å². The Hall–Kier alpha value is -2.91. The van der Waals surface area contributed by atoms with Crippen LogP contribution >= 0.6 is 0 Å². The van der Waals surface area contributed by atoms with Crippen LogP contribution in [-0.2, 0) is 0 Å². The number of aromatic amines is 1. The average molecular weight is 401 g/mol. The van der Waals surface area contributed by atoms with E-state index in [4.69, 9.17) is 4.74 Å². The van der Waals surface area contributed by atoms with Gasteiger partial charge in [-0.1, -0.05) is 6.92 Å². The number of nitrogens with zero attached hydrogens (tertiary/aromatic N) is 3. The molecule has 0 bridgehead atoms. The number of piperazine rings is 1. The third-order valence-corrected chi connectivity index (χ3v) is 4.97. The molecular formula is C20H27N5O4. The van der Waals surface area contributed by atoms with Gasteiger partial charge in [0.2, 0.25) is 5.88 Å². The third-order valence-electron chi connectivity index (χ3n) is 4.97. The quantitative estimate of drug-likeness (QED) is 0.577. The van der Waals surface area contributed by atoms with Gasteiger partial charge >= 0.3 is 5.69 Å². The van der Waals surface area contributed by atoms with Gasteiger partial charge in [-0.15, -0.1) is 0 Å². The Kier molecular flexibility index (Phi) is 6.84. The van der Waals surface area contributed by atoms with Crippen LogP contribution in [0.1, 0.15) is 18.9 Å². The van der Waals surface area contributed by atoms with Crippen LogP contribution in [0.4, 0.5) is 0 Å². The fourth-order valence-corrected chi connectivity index (χ4v) is 3.38. The minimum absolute atomic E-state index is 0.0308. The molecule has 9 heteroatoms. The summed E-state index contributed by atoms with van der Waals surface area (Å²) in [5.41, 5.74) is -0.427.